The lowest BCUT2D eigenvalue weighted by Crippen LogP contribution is -2.18. The van der Waals surface area contributed by atoms with Crippen molar-refractivity contribution in [3.63, 3.8) is 0 Å². The van der Waals surface area contributed by atoms with Gasteiger partial charge in [-0.3, -0.25) is 4.98 Å². The van der Waals surface area contributed by atoms with Crippen LogP contribution >= 0.6 is 22.7 Å². The Morgan fingerprint density at radius 2 is 2.33 bits per heavy atom. The molecule has 15 heavy (non-hydrogen) atoms. The van der Waals surface area contributed by atoms with E-state index in [2.05, 4.69) is 28.0 Å². The first-order valence-corrected chi connectivity index (χ1v) is 6.71. The van der Waals surface area contributed by atoms with Gasteiger partial charge in [-0.05, 0) is 35.9 Å². The first kappa shape index (κ1) is 10.8. The zero-order chi connectivity index (χ0) is 10.7. The maximum atomic E-state index is 4.11. The fraction of sp³-hybridized carbons (Fsp3) is 0.364. The number of hydrogen-bond acceptors (Lipinski definition) is 4. The van der Waals surface area contributed by atoms with Crippen LogP contribution in [-0.2, 0) is 6.42 Å². The topological polar surface area (TPSA) is 24.9 Å². The largest absolute Gasteiger partial charge is 0.313 e. The standard InChI is InChI=1S/C11H14N2S2/c1-8-5-14-6-10(8)11(12-2)3-9-4-13-7-15-9/h4-7,11-12H,3H2,1-2H3. The average molecular weight is 238 g/mol. The minimum Gasteiger partial charge on any atom is -0.313 e. The van der Waals surface area contributed by atoms with E-state index in [1.807, 2.05) is 18.8 Å². The molecule has 0 saturated heterocycles. The fourth-order valence-electron chi connectivity index (χ4n) is 1.64. The molecule has 2 aromatic rings. The summed E-state index contributed by atoms with van der Waals surface area (Å²) < 4.78 is 0. The first-order chi connectivity index (χ1) is 7.31. The molecule has 2 heterocycles. The minimum absolute atomic E-state index is 0.414. The predicted molar refractivity (Wildman–Crippen MR) is 66.7 cm³/mol. The molecular formula is C11H14N2S2. The monoisotopic (exact) mass is 238 g/mol. The van der Waals surface area contributed by atoms with Crippen LogP contribution in [0.2, 0.25) is 0 Å². The van der Waals surface area contributed by atoms with Crippen LogP contribution in [0.4, 0.5) is 0 Å². The summed E-state index contributed by atoms with van der Waals surface area (Å²) in [7, 11) is 2.02. The van der Waals surface area contributed by atoms with E-state index in [1.54, 1.807) is 22.7 Å². The van der Waals surface area contributed by atoms with E-state index < -0.39 is 0 Å². The molecule has 2 aromatic heterocycles. The summed E-state index contributed by atoms with van der Waals surface area (Å²) in [5.74, 6) is 0. The van der Waals surface area contributed by atoms with Crippen molar-refractivity contribution in [2.24, 2.45) is 0 Å². The van der Waals surface area contributed by atoms with Crippen molar-refractivity contribution >= 4 is 22.7 Å². The highest BCUT2D eigenvalue weighted by Gasteiger charge is 2.13. The molecule has 0 aromatic carbocycles. The maximum absolute atomic E-state index is 4.11. The normalized spacial score (nSPS) is 12.9. The molecule has 1 N–H and O–H groups in total. The van der Waals surface area contributed by atoms with Crippen LogP contribution < -0.4 is 5.32 Å². The van der Waals surface area contributed by atoms with Gasteiger partial charge >= 0.3 is 0 Å². The quantitative estimate of drug-likeness (QED) is 0.885. The van der Waals surface area contributed by atoms with Crippen LogP contribution in [0.3, 0.4) is 0 Å². The summed E-state index contributed by atoms with van der Waals surface area (Å²) in [5, 5.41) is 7.80. The van der Waals surface area contributed by atoms with Crippen LogP contribution in [0.5, 0.6) is 0 Å². The van der Waals surface area contributed by atoms with Gasteiger partial charge in [-0.2, -0.15) is 11.3 Å². The zero-order valence-corrected chi connectivity index (χ0v) is 10.5. The van der Waals surface area contributed by atoms with Crippen LogP contribution in [0, 0.1) is 6.92 Å². The maximum Gasteiger partial charge on any atom is 0.0794 e. The molecule has 0 amide bonds. The number of aromatic nitrogens is 1. The minimum atomic E-state index is 0.414. The van der Waals surface area contributed by atoms with Crippen molar-refractivity contribution in [2.75, 3.05) is 7.05 Å². The van der Waals surface area contributed by atoms with E-state index in [0.717, 1.165) is 6.42 Å². The molecule has 0 saturated carbocycles. The van der Waals surface area contributed by atoms with E-state index in [1.165, 1.54) is 16.0 Å². The lowest BCUT2D eigenvalue weighted by atomic mass is 10.0. The Morgan fingerprint density at radius 1 is 1.47 bits per heavy atom. The molecule has 0 aliphatic heterocycles. The Labute approximate surface area is 98.0 Å². The summed E-state index contributed by atoms with van der Waals surface area (Å²) in [6.45, 7) is 2.17. The Hall–Kier alpha value is -0.710. The Morgan fingerprint density at radius 3 is 2.87 bits per heavy atom. The highest BCUT2D eigenvalue weighted by Crippen LogP contribution is 2.25. The summed E-state index contributed by atoms with van der Waals surface area (Å²) in [4.78, 5) is 5.44. The number of aryl methyl sites for hydroxylation is 1. The van der Waals surface area contributed by atoms with E-state index in [4.69, 9.17) is 0 Å². The predicted octanol–water partition coefficient (Wildman–Crippen LogP) is 3.02. The van der Waals surface area contributed by atoms with E-state index in [-0.39, 0.29) is 0 Å². The smallest absolute Gasteiger partial charge is 0.0794 e. The van der Waals surface area contributed by atoms with Gasteiger partial charge in [0.1, 0.15) is 0 Å². The lowest BCUT2D eigenvalue weighted by molar-refractivity contribution is 0.595. The Kier molecular flexibility index (Phi) is 3.51. The molecule has 80 valence electrons. The Bertz CT molecular complexity index is 406. The van der Waals surface area contributed by atoms with Gasteiger partial charge in [0.25, 0.3) is 0 Å². The molecule has 0 bridgehead atoms. The molecule has 0 aliphatic carbocycles. The molecule has 0 aliphatic rings. The van der Waals surface area contributed by atoms with Gasteiger partial charge in [0.2, 0.25) is 0 Å². The molecule has 0 fully saturated rings. The molecule has 2 rings (SSSR count). The van der Waals surface area contributed by atoms with Gasteiger partial charge < -0.3 is 5.32 Å². The van der Waals surface area contributed by atoms with Gasteiger partial charge in [0.15, 0.2) is 0 Å². The third-order valence-corrected chi connectivity index (χ3v) is 4.19. The van der Waals surface area contributed by atoms with Gasteiger partial charge in [-0.15, -0.1) is 11.3 Å². The molecular weight excluding hydrogens is 224 g/mol. The average Bonchev–Trinajstić information content (AvgIpc) is 2.85. The van der Waals surface area contributed by atoms with Crippen LogP contribution in [-0.4, -0.2) is 12.0 Å². The number of likely N-dealkylation sites (N-methyl/N-ethyl adjacent to an activating group) is 1. The molecule has 0 spiro atoms. The van der Waals surface area contributed by atoms with Crippen molar-refractivity contribution in [2.45, 2.75) is 19.4 Å². The summed E-state index contributed by atoms with van der Waals surface area (Å²) in [6.07, 6.45) is 2.98. The van der Waals surface area contributed by atoms with Crippen LogP contribution in [0.15, 0.2) is 22.5 Å². The lowest BCUT2D eigenvalue weighted by Gasteiger charge is -2.14. The molecule has 4 heteroatoms. The third-order valence-electron chi connectivity index (χ3n) is 2.51. The van der Waals surface area contributed by atoms with Gasteiger partial charge in [0.05, 0.1) is 5.51 Å². The van der Waals surface area contributed by atoms with Crippen molar-refractivity contribution < 1.29 is 0 Å². The van der Waals surface area contributed by atoms with Crippen molar-refractivity contribution in [1.82, 2.24) is 10.3 Å². The molecule has 1 unspecified atom stereocenters. The highest BCUT2D eigenvalue weighted by atomic mass is 32.1. The second kappa shape index (κ2) is 4.88. The van der Waals surface area contributed by atoms with Crippen LogP contribution in [0.25, 0.3) is 0 Å². The second-order valence-electron chi connectivity index (χ2n) is 3.52. The van der Waals surface area contributed by atoms with E-state index in [0.29, 0.717) is 6.04 Å². The number of nitrogens with zero attached hydrogens (tertiary/aromatic N) is 1. The molecule has 2 nitrogen and oxygen atoms in total. The summed E-state index contributed by atoms with van der Waals surface area (Å²) >= 11 is 3.49. The number of thiazole rings is 1. The van der Waals surface area contributed by atoms with Crippen molar-refractivity contribution in [3.05, 3.63) is 38.5 Å². The summed E-state index contributed by atoms with van der Waals surface area (Å²) in [6, 6.07) is 0.414. The number of rotatable bonds is 4. The summed E-state index contributed by atoms with van der Waals surface area (Å²) in [5.41, 5.74) is 4.68. The van der Waals surface area contributed by atoms with Gasteiger partial charge in [-0.1, -0.05) is 0 Å². The highest BCUT2D eigenvalue weighted by molar-refractivity contribution is 7.09. The molecule has 1 atom stereocenters. The molecule has 0 radical (unpaired) electrons. The van der Waals surface area contributed by atoms with E-state index >= 15 is 0 Å². The number of nitrogens with one attached hydrogen (secondary N) is 1. The fourth-order valence-corrected chi connectivity index (χ4v) is 3.19. The number of hydrogen-bond donors (Lipinski definition) is 1. The van der Waals surface area contributed by atoms with Gasteiger partial charge in [-0.25, -0.2) is 0 Å². The third kappa shape index (κ3) is 2.45. The number of thiophene rings is 1. The SMILES string of the molecule is CNC(Cc1cncs1)c1cscc1C. The second-order valence-corrected chi connectivity index (χ2v) is 5.24. The van der Waals surface area contributed by atoms with E-state index in [9.17, 15) is 0 Å². The zero-order valence-electron chi connectivity index (χ0n) is 8.86. The van der Waals surface area contributed by atoms with Crippen molar-refractivity contribution in [1.29, 1.82) is 0 Å². The van der Waals surface area contributed by atoms with Crippen molar-refractivity contribution in [3.8, 4) is 0 Å². The van der Waals surface area contributed by atoms with Gasteiger partial charge in [0, 0.05) is 23.5 Å². The van der Waals surface area contributed by atoms with Crippen LogP contribution in [0.1, 0.15) is 22.0 Å². The first-order valence-electron chi connectivity index (χ1n) is 4.88. The Balaban J connectivity index is 2.15.